The van der Waals surface area contributed by atoms with Crippen LogP contribution in [-0.4, -0.2) is 22.0 Å². The molecule has 0 radical (unpaired) electrons. The van der Waals surface area contributed by atoms with E-state index in [0.29, 0.717) is 12.3 Å². The third-order valence-electron chi connectivity index (χ3n) is 3.45. The Hall–Kier alpha value is -1.22. The fourth-order valence-corrected chi connectivity index (χ4v) is 2.46. The standard InChI is InChI=1S/C13H17NO2/c1-9(15)12-8-11(2-3-13(12)16)10-4-6-14-7-5-10/h4-7,9,11-12,15H,2-3,8H2,1H3/t9-,11-,12+/m0/s1. The van der Waals surface area contributed by atoms with Crippen LogP contribution in [0.2, 0.25) is 0 Å². The molecule has 0 saturated heterocycles. The molecule has 1 fully saturated rings. The van der Waals surface area contributed by atoms with Gasteiger partial charge in [-0.1, -0.05) is 0 Å². The van der Waals surface area contributed by atoms with Crippen molar-refractivity contribution >= 4 is 5.78 Å². The predicted molar refractivity (Wildman–Crippen MR) is 61.0 cm³/mol. The molecule has 3 atom stereocenters. The van der Waals surface area contributed by atoms with Crippen LogP contribution in [0, 0.1) is 5.92 Å². The van der Waals surface area contributed by atoms with Crippen molar-refractivity contribution in [3.05, 3.63) is 30.1 Å². The number of carbonyl (C=O) groups excluding carboxylic acids is 1. The van der Waals surface area contributed by atoms with Gasteiger partial charge in [-0.05, 0) is 43.4 Å². The monoisotopic (exact) mass is 219 g/mol. The van der Waals surface area contributed by atoms with Crippen LogP contribution in [0.25, 0.3) is 0 Å². The third kappa shape index (κ3) is 2.30. The molecule has 3 nitrogen and oxygen atoms in total. The molecule has 86 valence electrons. The zero-order valence-electron chi connectivity index (χ0n) is 9.47. The van der Waals surface area contributed by atoms with Gasteiger partial charge in [0, 0.05) is 24.7 Å². The number of rotatable bonds is 2. The number of aromatic nitrogens is 1. The van der Waals surface area contributed by atoms with Crippen molar-refractivity contribution in [2.45, 2.75) is 38.2 Å². The normalized spacial score (nSPS) is 27.8. The number of ketones is 1. The van der Waals surface area contributed by atoms with Crippen molar-refractivity contribution in [1.82, 2.24) is 4.98 Å². The van der Waals surface area contributed by atoms with E-state index in [1.165, 1.54) is 5.56 Å². The van der Waals surface area contributed by atoms with E-state index in [1.54, 1.807) is 19.3 Å². The molecule has 16 heavy (non-hydrogen) atoms. The van der Waals surface area contributed by atoms with Crippen LogP contribution < -0.4 is 0 Å². The number of carbonyl (C=O) groups is 1. The summed E-state index contributed by atoms with van der Waals surface area (Å²) in [4.78, 5) is 15.6. The summed E-state index contributed by atoms with van der Waals surface area (Å²) in [5, 5.41) is 9.58. The van der Waals surface area contributed by atoms with E-state index < -0.39 is 6.10 Å². The number of nitrogens with zero attached hydrogens (tertiary/aromatic N) is 1. The summed E-state index contributed by atoms with van der Waals surface area (Å²) >= 11 is 0. The first-order chi connectivity index (χ1) is 7.68. The maximum absolute atomic E-state index is 11.6. The summed E-state index contributed by atoms with van der Waals surface area (Å²) in [5.74, 6) is 0.410. The summed E-state index contributed by atoms with van der Waals surface area (Å²) in [6.45, 7) is 1.71. The Kier molecular flexibility index (Phi) is 3.34. The first kappa shape index (κ1) is 11.3. The molecule has 0 aromatic carbocycles. The molecule has 0 unspecified atom stereocenters. The molecule has 0 bridgehead atoms. The first-order valence-electron chi connectivity index (χ1n) is 5.79. The van der Waals surface area contributed by atoms with E-state index in [2.05, 4.69) is 4.98 Å². The van der Waals surface area contributed by atoms with Crippen LogP contribution in [0.1, 0.15) is 37.7 Å². The van der Waals surface area contributed by atoms with Crippen molar-refractivity contribution in [3.63, 3.8) is 0 Å². The molecular formula is C13H17NO2. The third-order valence-corrected chi connectivity index (χ3v) is 3.45. The molecule has 1 aliphatic carbocycles. The van der Waals surface area contributed by atoms with Gasteiger partial charge in [0.05, 0.1) is 6.10 Å². The van der Waals surface area contributed by atoms with Gasteiger partial charge in [-0.3, -0.25) is 9.78 Å². The summed E-state index contributed by atoms with van der Waals surface area (Å²) in [6, 6.07) is 4.00. The second-order valence-corrected chi connectivity index (χ2v) is 4.57. The number of Topliss-reactive ketones (excluding diaryl/α,β-unsaturated/α-hetero) is 1. The first-order valence-corrected chi connectivity index (χ1v) is 5.79. The molecule has 1 aromatic heterocycles. The quantitative estimate of drug-likeness (QED) is 0.826. The van der Waals surface area contributed by atoms with Gasteiger partial charge in [-0.15, -0.1) is 0 Å². The lowest BCUT2D eigenvalue weighted by Gasteiger charge is -2.29. The van der Waals surface area contributed by atoms with Crippen LogP contribution in [0.5, 0.6) is 0 Å². The highest BCUT2D eigenvalue weighted by Crippen LogP contribution is 2.35. The molecular weight excluding hydrogens is 202 g/mol. The molecule has 1 saturated carbocycles. The van der Waals surface area contributed by atoms with Crippen molar-refractivity contribution in [3.8, 4) is 0 Å². The van der Waals surface area contributed by atoms with E-state index in [0.717, 1.165) is 12.8 Å². The number of aliphatic hydroxyl groups excluding tert-OH is 1. The molecule has 0 aliphatic heterocycles. The van der Waals surface area contributed by atoms with Crippen LogP contribution in [0.3, 0.4) is 0 Å². The highest BCUT2D eigenvalue weighted by atomic mass is 16.3. The molecule has 1 aliphatic rings. The lowest BCUT2D eigenvalue weighted by Crippen LogP contribution is -2.31. The summed E-state index contributed by atoms with van der Waals surface area (Å²) in [6.07, 6.45) is 5.28. The molecule has 2 rings (SSSR count). The van der Waals surface area contributed by atoms with Crippen LogP contribution >= 0.6 is 0 Å². The average Bonchev–Trinajstić information content (AvgIpc) is 2.30. The number of hydrogen-bond donors (Lipinski definition) is 1. The van der Waals surface area contributed by atoms with E-state index >= 15 is 0 Å². The van der Waals surface area contributed by atoms with Crippen molar-refractivity contribution in [2.75, 3.05) is 0 Å². The summed E-state index contributed by atoms with van der Waals surface area (Å²) in [5.41, 5.74) is 1.23. The summed E-state index contributed by atoms with van der Waals surface area (Å²) < 4.78 is 0. The number of hydrogen-bond acceptors (Lipinski definition) is 3. The second-order valence-electron chi connectivity index (χ2n) is 4.57. The van der Waals surface area contributed by atoms with E-state index in [9.17, 15) is 9.90 Å². The van der Waals surface area contributed by atoms with Gasteiger partial charge in [0.1, 0.15) is 5.78 Å². The topological polar surface area (TPSA) is 50.2 Å². The SMILES string of the molecule is C[C@H](O)[C@H]1C[C@@H](c2ccncc2)CCC1=O. The second kappa shape index (κ2) is 4.74. The Morgan fingerprint density at radius 3 is 2.75 bits per heavy atom. The van der Waals surface area contributed by atoms with Gasteiger partial charge in [-0.2, -0.15) is 0 Å². The molecule has 1 heterocycles. The molecule has 0 spiro atoms. The largest absolute Gasteiger partial charge is 0.393 e. The number of pyridine rings is 1. The van der Waals surface area contributed by atoms with Gasteiger partial charge in [0.25, 0.3) is 0 Å². The van der Waals surface area contributed by atoms with Gasteiger partial charge < -0.3 is 5.11 Å². The Bertz CT molecular complexity index is 361. The van der Waals surface area contributed by atoms with Gasteiger partial charge in [-0.25, -0.2) is 0 Å². The van der Waals surface area contributed by atoms with Gasteiger partial charge >= 0.3 is 0 Å². The number of aliphatic hydroxyl groups is 1. The maximum atomic E-state index is 11.6. The Morgan fingerprint density at radius 1 is 1.44 bits per heavy atom. The molecule has 0 amide bonds. The van der Waals surface area contributed by atoms with Crippen molar-refractivity contribution < 1.29 is 9.90 Å². The predicted octanol–water partition coefficient (Wildman–Crippen LogP) is 1.92. The highest BCUT2D eigenvalue weighted by Gasteiger charge is 2.32. The smallest absolute Gasteiger partial charge is 0.138 e. The molecule has 1 aromatic rings. The van der Waals surface area contributed by atoms with Gasteiger partial charge in [0.15, 0.2) is 0 Å². The Balaban J connectivity index is 2.12. The van der Waals surface area contributed by atoms with Crippen molar-refractivity contribution in [1.29, 1.82) is 0 Å². The minimum absolute atomic E-state index is 0.188. The lowest BCUT2D eigenvalue weighted by molar-refractivity contribution is -0.128. The minimum atomic E-state index is -0.530. The zero-order valence-corrected chi connectivity index (χ0v) is 9.47. The van der Waals surface area contributed by atoms with Crippen molar-refractivity contribution in [2.24, 2.45) is 5.92 Å². The lowest BCUT2D eigenvalue weighted by atomic mass is 9.75. The van der Waals surface area contributed by atoms with E-state index in [4.69, 9.17) is 0 Å². The van der Waals surface area contributed by atoms with Crippen LogP contribution in [-0.2, 0) is 4.79 Å². The van der Waals surface area contributed by atoms with Crippen LogP contribution in [0.15, 0.2) is 24.5 Å². The molecule has 3 heteroatoms. The van der Waals surface area contributed by atoms with E-state index in [1.807, 2.05) is 12.1 Å². The maximum Gasteiger partial charge on any atom is 0.138 e. The fraction of sp³-hybridized carbons (Fsp3) is 0.538. The highest BCUT2D eigenvalue weighted by molar-refractivity contribution is 5.82. The molecule has 1 N–H and O–H groups in total. The summed E-state index contributed by atoms with van der Waals surface area (Å²) in [7, 11) is 0. The zero-order chi connectivity index (χ0) is 11.5. The fourth-order valence-electron chi connectivity index (χ4n) is 2.46. The Labute approximate surface area is 95.5 Å². The van der Waals surface area contributed by atoms with E-state index in [-0.39, 0.29) is 11.7 Å². The van der Waals surface area contributed by atoms with Gasteiger partial charge in [0.2, 0.25) is 0 Å². The average molecular weight is 219 g/mol. The van der Waals surface area contributed by atoms with Crippen LogP contribution in [0.4, 0.5) is 0 Å². The minimum Gasteiger partial charge on any atom is -0.393 e. The Morgan fingerprint density at radius 2 is 2.12 bits per heavy atom.